The number of ketones is 1. The average Bonchev–Trinajstić information content (AvgIpc) is 3.07. The van der Waals surface area contributed by atoms with Gasteiger partial charge in [0.05, 0.1) is 0 Å². The highest BCUT2D eigenvalue weighted by Crippen LogP contribution is 2.66. The average molecular weight is 443 g/mol. The van der Waals surface area contributed by atoms with Crippen molar-refractivity contribution in [2.45, 2.75) is 124 Å². The van der Waals surface area contributed by atoms with Crippen LogP contribution in [0.15, 0.2) is 11.6 Å². The van der Waals surface area contributed by atoms with Crippen LogP contribution < -0.4 is 0 Å². The molecule has 4 rings (SSSR count). The summed E-state index contributed by atoms with van der Waals surface area (Å²) < 4.78 is 5.53. The first-order valence-electron chi connectivity index (χ1n) is 13.7. The molecule has 0 amide bonds. The molecule has 7 atom stereocenters. The van der Waals surface area contributed by atoms with Gasteiger partial charge in [-0.3, -0.25) is 9.59 Å². The van der Waals surface area contributed by atoms with E-state index >= 15 is 0 Å². The number of fused-ring (bicyclic) bond motifs is 5. The molecule has 0 N–H and O–H groups in total. The molecule has 4 aliphatic rings. The number of unbranched alkanes of at least 4 members (excludes halogenated alkanes) is 5. The molecule has 0 aromatic rings. The van der Waals surface area contributed by atoms with E-state index in [0.29, 0.717) is 23.0 Å². The molecule has 3 heteroatoms. The molecule has 3 fully saturated rings. The van der Waals surface area contributed by atoms with E-state index in [1.165, 1.54) is 83.1 Å². The van der Waals surface area contributed by atoms with Crippen molar-refractivity contribution in [3.05, 3.63) is 11.6 Å². The molecule has 0 heterocycles. The lowest BCUT2D eigenvalue weighted by Crippen LogP contribution is -2.53. The van der Waals surface area contributed by atoms with Crippen LogP contribution >= 0.6 is 0 Å². The lowest BCUT2D eigenvalue weighted by molar-refractivity contribution is -0.149. The first kappa shape index (κ1) is 24.0. The molecule has 32 heavy (non-hydrogen) atoms. The summed E-state index contributed by atoms with van der Waals surface area (Å²) in [6.07, 6.45) is 19.4. The Balaban J connectivity index is 1.44. The van der Waals surface area contributed by atoms with Crippen LogP contribution in [0.3, 0.4) is 0 Å². The zero-order valence-electron chi connectivity index (χ0n) is 21.1. The van der Waals surface area contributed by atoms with Gasteiger partial charge in [-0.1, -0.05) is 64.9 Å². The Morgan fingerprint density at radius 1 is 1.00 bits per heavy atom. The lowest BCUT2D eigenvalue weighted by atomic mass is 9.47. The fourth-order valence-corrected chi connectivity index (χ4v) is 8.46. The number of hydrogen-bond acceptors (Lipinski definition) is 3. The van der Waals surface area contributed by atoms with Crippen molar-refractivity contribution in [3.8, 4) is 0 Å². The van der Waals surface area contributed by atoms with Crippen LogP contribution in [0.25, 0.3) is 0 Å². The highest BCUT2D eigenvalue weighted by Gasteiger charge is 2.60. The van der Waals surface area contributed by atoms with Gasteiger partial charge >= 0.3 is 5.97 Å². The fraction of sp³-hybridized carbons (Fsp3) is 0.862. The summed E-state index contributed by atoms with van der Waals surface area (Å²) in [5, 5.41) is 0. The smallest absolute Gasteiger partial charge is 0.302 e. The van der Waals surface area contributed by atoms with Gasteiger partial charge in [0.15, 0.2) is 5.78 Å². The predicted octanol–water partition coefficient (Wildman–Crippen LogP) is 7.43. The third-order valence-corrected chi connectivity index (χ3v) is 10.3. The van der Waals surface area contributed by atoms with E-state index in [-0.39, 0.29) is 23.4 Å². The van der Waals surface area contributed by atoms with Crippen molar-refractivity contribution in [1.82, 2.24) is 0 Å². The number of ether oxygens (including phenoxy) is 1. The Morgan fingerprint density at radius 2 is 1.75 bits per heavy atom. The third kappa shape index (κ3) is 4.34. The van der Waals surface area contributed by atoms with Gasteiger partial charge in [0.1, 0.15) is 6.10 Å². The van der Waals surface area contributed by atoms with Crippen LogP contribution in [0, 0.1) is 34.5 Å². The molecule has 4 aliphatic carbocycles. The molecular weight excluding hydrogens is 396 g/mol. The molecule has 3 unspecified atom stereocenters. The van der Waals surface area contributed by atoms with Gasteiger partial charge in [0, 0.05) is 19.3 Å². The Labute approximate surface area is 196 Å². The first-order valence-corrected chi connectivity index (χ1v) is 13.7. The van der Waals surface area contributed by atoms with Crippen LogP contribution in [-0.4, -0.2) is 17.9 Å². The van der Waals surface area contributed by atoms with Crippen molar-refractivity contribution in [3.63, 3.8) is 0 Å². The summed E-state index contributed by atoms with van der Waals surface area (Å²) in [5.41, 5.74) is 1.75. The normalized spacial score (nSPS) is 40.8. The maximum absolute atomic E-state index is 13.5. The molecule has 0 aromatic carbocycles. The molecule has 3 saturated carbocycles. The summed E-state index contributed by atoms with van der Waals surface area (Å²) in [6.45, 7) is 8.73. The Kier molecular flexibility index (Phi) is 7.23. The number of carbonyl (C=O) groups is 2. The van der Waals surface area contributed by atoms with Crippen molar-refractivity contribution in [2.24, 2.45) is 34.5 Å². The summed E-state index contributed by atoms with van der Waals surface area (Å²) >= 11 is 0. The SMILES string of the molecule is CCCCCCCC[C@H]1CCC2C3C(=O)C=C4C[C@@H](OC(C)=O)CC[C@]4(C)C3CC[C@@]21C. The highest BCUT2D eigenvalue weighted by atomic mass is 16.5. The Bertz CT molecular complexity index is 739. The number of esters is 1. The van der Waals surface area contributed by atoms with E-state index in [2.05, 4.69) is 20.8 Å². The topological polar surface area (TPSA) is 43.4 Å². The highest BCUT2D eigenvalue weighted by molar-refractivity contribution is 5.94. The van der Waals surface area contributed by atoms with Crippen molar-refractivity contribution in [2.75, 3.05) is 0 Å². The molecule has 180 valence electrons. The summed E-state index contributed by atoms with van der Waals surface area (Å²) in [4.78, 5) is 25.0. The second kappa shape index (κ2) is 9.63. The number of rotatable bonds is 8. The van der Waals surface area contributed by atoms with Gasteiger partial charge in [-0.25, -0.2) is 0 Å². The van der Waals surface area contributed by atoms with Crippen LogP contribution in [0.2, 0.25) is 0 Å². The van der Waals surface area contributed by atoms with E-state index in [1.807, 2.05) is 6.08 Å². The van der Waals surface area contributed by atoms with Crippen LogP contribution in [0.1, 0.15) is 118 Å². The van der Waals surface area contributed by atoms with Gasteiger partial charge in [-0.2, -0.15) is 0 Å². The van der Waals surface area contributed by atoms with Gasteiger partial charge in [-0.15, -0.1) is 0 Å². The summed E-state index contributed by atoms with van der Waals surface area (Å²) in [7, 11) is 0. The largest absolute Gasteiger partial charge is 0.462 e. The van der Waals surface area contributed by atoms with E-state index in [4.69, 9.17) is 4.74 Å². The minimum absolute atomic E-state index is 0.0433. The van der Waals surface area contributed by atoms with E-state index in [0.717, 1.165) is 25.2 Å². The Morgan fingerprint density at radius 3 is 2.50 bits per heavy atom. The molecule has 0 aliphatic heterocycles. The number of carbonyl (C=O) groups excluding carboxylic acids is 2. The van der Waals surface area contributed by atoms with Crippen molar-refractivity contribution < 1.29 is 14.3 Å². The number of allylic oxidation sites excluding steroid dienone is 1. The van der Waals surface area contributed by atoms with E-state index < -0.39 is 0 Å². The fourth-order valence-electron chi connectivity index (χ4n) is 8.46. The Hall–Kier alpha value is -1.12. The van der Waals surface area contributed by atoms with Gasteiger partial charge in [-0.05, 0) is 79.6 Å². The summed E-state index contributed by atoms with van der Waals surface area (Å²) in [6, 6.07) is 0. The maximum atomic E-state index is 13.5. The zero-order chi connectivity index (χ0) is 22.9. The molecule has 0 saturated heterocycles. The van der Waals surface area contributed by atoms with Gasteiger partial charge < -0.3 is 4.74 Å². The maximum Gasteiger partial charge on any atom is 0.302 e. The molecule has 3 nitrogen and oxygen atoms in total. The van der Waals surface area contributed by atoms with Gasteiger partial charge in [0.25, 0.3) is 0 Å². The lowest BCUT2D eigenvalue weighted by Gasteiger charge is -2.57. The monoisotopic (exact) mass is 442 g/mol. The first-order chi connectivity index (χ1) is 15.3. The molecule has 0 radical (unpaired) electrons. The second-order valence-electron chi connectivity index (χ2n) is 12.1. The van der Waals surface area contributed by atoms with Crippen molar-refractivity contribution >= 4 is 11.8 Å². The minimum atomic E-state index is -0.199. The van der Waals surface area contributed by atoms with Gasteiger partial charge in [0.2, 0.25) is 0 Å². The van der Waals surface area contributed by atoms with Crippen LogP contribution in [0.4, 0.5) is 0 Å². The second-order valence-corrected chi connectivity index (χ2v) is 12.1. The molecule has 0 aromatic heterocycles. The van der Waals surface area contributed by atoms with Crippen molar-refractivity contribution in [1.29, 1.82) is 0 Å². The van der Waals surface area contributed by atoms with E-state index in [1.54, 1.807) is 0 Å². The standard InChI is InChI=1S/C29H46O3/c1-5-6-7-8-9-10-11-21-12-13-24-27-25(15-17-28(21,24)3)29(4)16-14-23(32-20(2)30)18-22(29)19-26(27)31/h19,21,23-25,27H,5-18H2,1-4H3/t21-,23-,24?,25?,27?,28+,29-/m0/s1. The predicted molar refractivity (Wildman–Crippen MR) is 129 cm³/mol. The van der Waals surface area contributed by atoms with Crippen LogP contribution in [0.5, 0.6) is 0 Å². The molecule has 0 spiro atoms. The molecule has 0 bridgehead atoms. The quantitative estimate of drug-likeness (QED) is 0.290. The zero-order valence-corrected chi connectivity index (χ0v) is 21.1. The summed E-state index contributed by atoms with van der Waals surface area (Å²) in [5.74, 6) is 2.28. The number of hydrogen-bond donors (Lipinski definition) is 0. The minimum Gasteiger partial charge on any atom is -0.462 e. The third-order valence-electron chi connectivity index (χ3n) is 10.3. The molecular formula is C29H46O3. The van der Waals surface area contributed by atoms with E-state index in [9.17, 15) is 9.59 Å². The van der Waals surface area contributed by atoms with Crippen LogP contribution in [-0.2, 0) is 14.3 Å².